The van der Waals surface area contributed by atoms with Gasteiger partial charge in [0, 0.05) is 30.8 Å². The van der Waals surface area contributed by atoms with E-state index in [0.29, 0.717) is 0 Å². The molecule has 120 valence electrons. The quantitative estimate of drug-likeness (QED) is 0.729. The Morgan fingerprint density at radius 3 is 2.88 bits per heavy atom. The highest BCUT2D eigenvalue weighted by atomic mass is 16.2. The normalized spacial score (nSPS) is 25.1. The SMILES string of the molecule is O=C1N=CC23C=CN(C=CC=CC=CCc4cccc(c4)N12)CC3. The summed E-state index contributed by atoms with van der Waals surface area (Å²) in [6.45, 7) is 0.839. The fraction of sp³-hybridized carbons (Fsp3) is 0.200. The Kier molecular flexibility index (Phi) is 3.65. The van der Waals surface area contributed by atoms with Crippen LogP contribution in [0.3, 0.4) is 0 Å². The van der Waals surface area contributed by atoms with Crippen molar-refractivity contribution in [2.75, 3.05) is 11.4 Å². The van der Waals surface area contributed by atoms with Gasteiger partial charge in [0.15, 0.2) is 0 Å². The van der Waals surface area contributed by atoms with Gasteiger partial charge in [-0.15, -0.1) is 0 Å². The van der Waals surface area contributed by atoms with Gasteiger partial charge in [0.25, 0.3) is 0 Å². The molecule has 0 aromatic heterocycles. The molecule has 0 fully saturated rings. The Hall–Kier alpha value is -2.88. The molecule has 5 rings (SSSR count). The molecule has 4 heteroatoms. The van der Waals surface area contributed by atoms with E-state index < -0.39 is 5.54 Å². The van der Waals surface area contributed by atoms with Crippen LogP contribution in [0.1, 0.15) is 12.0 Å². The molecule has 0 saturated heterocycles. The van der Waals surface area contributed by atoms with Gasteiger partial charge in [0.2, 0.25) is 0 Å². The molecule has 4 nitrogen and oxygen atoms in total. The first-order valence-corrected chi connectivity index (χ1v) is 8.20. The van der Waals surface area contributed by atoms with Crippen LogP contribution in [0, 0.1) is 0 Å². The number of fused-ring (bicyclic) bond motifs is 4. The van der Waals surface area contributed by atoms with Crippen molar-refractivity contribution < 1.29 is 4.79 Å². The van der Waals surface area contributed by atoms with Crippen LogP contribution < -0.4 is 4.90 Å². The molecule has 2 amide bonds. The molecule has 1 unspecified atom stereocenters. The Morgan fingerprint density at radius 2 is 2.00 bits per heavy atom. The van der Waals surface area contributed by atoms with Crippen LogP contribution in [-0.2, 0) is 6.42 Å². The zero-order valence-electron chi connectivity index (χ0n) is 13.4. The first kappa shape index (κ1) is 14.7. The van der Waals surface area contributed by atoms with E-state index in [1.807, 2.05) is 53.7 Å². The minimum Gasteiger partial charge on any atom is -0.354 e. The average Bonchev–Trinajstić information content (AvgIpc) is 2.91. The van der Waals surface area contributed by atoms with Gasteiger partial charge in [-0.1, -0.05) is 36.4 Å². The summed E-state index contributed by atoms with van der Waals surface area (Å²) in [4.78, 5) is 20.5. The molecule has 4 aliphatic heterocycles. The minimum absolute atomic E-state index is 0.192. The van der Waals surface area contributed by atoms with Crippen LogP contribution in [0.4, 0.5) is 10.5 Å². The first-order valence-electron chi connectivity index (χ1n) is 8.20. The number of aliphatic imine (C=N–C) groups is 1. The lowest BCUT2D eigenvalue weighted by Crippen LogP contribution is -2.50. The van der Waals surface area contributed by atoms with Gasteiger partial charge in [-0.25, -0.2) is 9.79 Å². The molecular formula is C20H19N3O. The van der Waals surface area contributed by atoms with Crippen molar-refractivity contribution in [3.05, 3.63) is 78.7 Å². The van der Waals surface area contributed by atoms with Gasteiger partial charge in [-0.05, 0) is 42.7 Å². The Labute approximate surface area is 141 Å². The van der Waals surface area contributed by atoms with Crippen molar-refractivity contribution in [3.8, 4) is 0 Å². The molecule has 24 heavy (non-hydrogen) atoms. The van der Waals surface area contributed by atoms with Gasteiger partial charge in [-0.2, -0.15) is 0 Å². The minimum atomic E-state index is -0.452. The zero-order valence-corrected chi connectivity index (χ0v) is 13.4. The number of carbonyl (C=O) groups is 1. The van der Waals surface area contributed by atoms with E-state index >= 15 is 0 Å². The molecule has 0 N–H and O–H groups in total. The lowest BCUT2D eigenvalue weighted by molar-refractivity contribution is 0.253. The highest BCUT2D eigenvalue weighted by Gasteiger charge is 2.43. The van der Waals surface area contributed by atoms with Gasteiger partial charge < -0.3 is 4.90 Å². The van der Waals surface area contributed by atoms with Gasteiger partial charge in [0.1, 0.15) is 5.54 Å². The van der Waals surface area contributed by atoms with Crippen molar-refractivity contribution in [3.63, 3.8) is 0 Å². The summed E-state index contributed by atoms with van der Waals surface area (Å²) in [5.41, 5.74) is 1.63. The van der Waals surface area contributed by atoms with Crippen LogP contribution in [-0.4, -0.2) is 29.2 Å². The number of nitrogens with zero attached hydrogens (tertiary/aromatic N) is 3. The number of allylic oxidation sites excluding steroid dienone is 5. The molecule has 1 aromatic rings. The standard InChI is InChI=1S/C20H19N3O/c24-19-21-16-20-10-13-22(14-11-20)12-5-3-1-2-4-7-17-8-6-9-18(15-17)23(19)20/h1-6,8-10,12-13,15-16H,7,11,14H2. The summed E-state index contributed by atoms with van der Waals surface area (Å²) in [5, 5.41) is 0. The van der Waals surface area contributed by atoms with Crippen LogP contribution in [0.15, 0.2) is 78.1 Å². The van der Waals surface area contributed by atoms with E-state index in [-0.39, 0.29) is 6.03 Å². The van der Waals surface area contributed by atoms with E-state index in [1.54, 1.807) is 6.21 Å². The van der Waals surface area contributed by atoms with E-state index in [2.05, 4.69) is 34.2 Å². The predicted octanol–water partition coefficient (Wildman–Crippen LogP) is 3.84. The number of hydrogen-bond donors (Lipinski definition) is 0. The van der Waals surface area contributed by atoms with E-state index in [1.165, 1.54) is 5.56 Å². The van der Waals surface area contributed by atoms with Crippen molar-refractivity contribution in [1.82, 2.24) is 4.90 Å². The summed E-state index contributed by atoms with van der Waals surface area (Å²) in [6.07, 6.45) is 19.8. The second-order valence-electron chi connectivity index (χ2n) is 6.20. The third kappa shape index (κ3) is 2.60. The summed E-state index contributed by atoms with van der Waals surface area (Å²) < 4.78 is 0. The number of amides is 2. The van der Waals surface area contributed by atoms with Crippen molar-refractivity contribution in [1.29, 1.82) is 0 Å². The summed E-state index contributed by atoms with van der Waals surface area (Å²) in [6, 6.07) is 7.97. The maximum absolute atomic E-state index is 12.4. The monoisotopic (exact) mass is 317 g/mol. The summed E-state index contributed by atoms with van der Waals surface area (Å²) >= 11 is 0. The van der Waals surface area contributed by atoms with E-state index in [0.717, 1.165) is 25.1 Å². The molecule has 0 radical (unpaired) electrons. The molecule has 0 aliphatic carbocycles. The lowest BCUT2D eigenvalue weighted by atomic mass is 9.92. The number of carbonyl (C=O) groups excluding carboxylic acids is 1. The molecular weight excluding hydrogens is 298 g/mol. The molecule has 1 spiro atoms. The summed E-state index contributed by atoms with van der Waals surface area (Å²) in [5.74, 6) is 0. The summed E-state index contributed by atoms with van der Waals surface area (Å²) in [7, 11) is 0. The van der Waals surface area contributed by atoms with Crippen LogP contribution in [0.5, 0.6) is 0 Å². The second-order valence-corrected chi connectivity index (χ2v) is 6.20. The van der Waals surface area contributed by atoms with E-state index in [4.69, 9.17) is 0 Å². The largest absolute Gasteiger partial charge is 0.354 e. The number of hydrogen-bond acceptors (Lipinski definition) is 2. The highest BCUT2D eigenvalue weighted by Crippen LogP contribution is 2.34. The van der Waals surface area contributed by atoms with E-state index in [9.17, 15) is 4.79 Å². The number of rotatable bonds is 0. The third-order valence-electron chi connectivity index (χ3n) is 4.60. The lowest BCUT2D eigenvalue weighted by Gasteiger charge is -2.38. The zero-order chi connectivity index (χ0) is 16.4. The molecule has 1 aromatic carbocycles. The number of anilines is 1. The number of urea groups is 1. The molecule has 4 heterocycles. The van der Waals surface area contributed by atoms with Crippen molar-refractivity contribution in [2.24, 2.45) is 4.99 Å². The maximum Gasteiger partial charge on any atom is 0.348 e. The van der Waals surface area contributed by atoms with Crippen LogP contribution in [0.25, 0.3) is 0 Å². The predicted molar refractivity (Wildman–Crippen MR) is 97.1 cm³/mol. The number of benzene rings is 1. The molecule has 4 bridgehead atoms. The van der Waals surface area contributed by atoms with Gasteiger partial charge >= 0.3 is 6.03 Å². The smallest absolute Gasteiger partial charge is 0.348 e. The van der Waals surface area contributed by atoms with Crippen LogP contribution in [0.2, 0.25) is 0 Å². The first-order chi connectivity index (χ1) is 11.8. The maximum atomic E-state index is 12.4. The van der Waals surface area contributed by atoms with Crippen molar-refractivity contribution in [2.45, 2.75) is 18.4 Å². The second kappa shape index (κ2) is 5.96. The van der Waals surface area contributed by atoms with Gasteiger partial charge in [0.05, 0.1) is 0 Å². The molecule has 1 atom stereocenters. The Balaban J connectivity index is 1.80. The van der Waals surface area contributed by atoms with Gasteiger partial charge in [-0.3, -0.25) is 4.90 Å². The average molecular weight is 317 g/mol. The topological polar surface area (TPSA) is 35.9 Å². The fourth-order valence-electron chi connectivity index (χ4n) is 3.31. The van der Waals surface area contributed by atoms with Crippen LogP contribution >= 0.6 is 0 Å². The third-order valence-corrected chi connectivity index (χ3v) is 4.60. The Morgan fingerprint density at radius 1 is 1.08 bits per heavy atom. The highest BCUT2D eigenvalue weighted by molar-refractivity contribution is 6.10. The Bertz CT molecular complexity index is 803. The molecule has 0 saturated carbocycles. The van der Waals surface area contributed by atoms with Crippen molar-refractivity contribution >= 4 is 17.9 Å². The fourth-order valence-corrected chi connectivity index (χ4v) is 3.31. The molecule has 4 aliphatic rings.